The summed E-state index contributed by atoms with van der Waals surface area (Å²) < 4.78 is 5.60. The number of hydrogen-bond acceptors (Lipinski definition) is 3. The van der Waals surface area contributed by atoms with Crippen molar-refractivity contribution in [3.8, 4) is 0 Å². The van der Waals surface area contributed by atoms with Gasteiger partial charge in [0.2, 0.25) is 0 Å². The molecule has 0 amide bonds. The first kappa shape index (κ1) is 13.0. The van der Waals surface area contributed by atoms with Crippen LogP contribution < -0.4 is 0 Å². The molecule has 0 aromatic rings. The molecule has 0 aliphatic heterocycles. The molecule has 0 saturated heterocycles. The third kappa shape index (κ3) is 2.55. The van der Waals surface area contributed by atoms with Crippen LogP contribution >= 0.6 is 0 Å². The molecule has 3 heteroatoms. The van der Waals surface area contributed by atoms with Gasteiger partial charge in [-0.25, -0.2) is 0 Å². The van der Waals surface area contributed by atoms with Crippen LogP contribution in [0.25, 0.3) is 0 Å². The van der Waals surface area contributed by atoms with Crippen LogP contribution in [0.15, 0.2) is 0 Å². The van der Waals surface area contributed by atoms with Crippen LogP contribution in [0.5, 0.6) is 0 Å². The van der Waals surface area contributed by atoms with Gasteiger partial charge in [-0.3, -0.25) is 4.79 Å². The molecule has 0 spiro atoms. The summed E-state index contributed by atoms with van der Waals surface area (Å²) in [5.41, 5.74) is 0. The van der Waals surface area contributed by atoms with Gasteiger partial charge in [-0.05, 0) is 31.6 Å². The highest BCUT2D eigenvalue weighted by atomic mass is 16.5. The number of Topliss-reactive ketones (excluding diaryl/α,β-unsaturated/α-hetero) is 1. The minimum Gasteiger partial charge on any atom is -0.393 e. The zero-order valence-electron chi connectivity index (χ0n) is 10.9. The van der Waals surface area contributed by atoms with Gasteiger partial charge in [-0.2, -0.15) is 0 Å². The zero-order chi connectivity index (χ0) is 12.4. The number of fused-ring (bicyclic) bond motifs is 1. The van der Waals surface area contributed by atoms with Gasteiger partial charge in [0.05, 0.1) is 18.1 Å². The van der Waals surface area contributed by atoms with Crippen LogP contribution in [0, 0.1) is 17.8 Å². The maximum atomic E-state index is 12.1. The zero-order valence-corrected chi connectivity index (χ0v) is 10.9. The second-order valence-electron chi connectivity index (χ2n) is 5.68. The van der Waals surface area contributed by atoms with Gasteiger partial charge < -0.3 is 9.84 Å². The Morgan fingerprint density at radius 1 is 1.29 bits per heavy atom. The lowest BCUT2D eigenvalue weighted by atomic mass is 9.73. The van der Waals surface area contributed by atoms with E-state index < -0.39 is 6.10 Å². The molecule has 17 heavy (non-hydrogen) atoms. The quantitative estimate of drug-likeness (QED) is 0.804. The molecule has 0 aromatic carbocycles. The van der Waals surface area contributed by atoms with E-state index in [0.29, 0.717) is 18.3 Å². The monoisotopic (exact) mass is 240 g/mol. The molecule has 2 rings (SSSR count). The van der Waals surface area contributed by atoms with E-state index >= 15 is 0 Å². The summed E-state index contributed by atoms with van der Waals surface area (Å²) >= 11 is 0. The van der Waals surface area contributed by atoms with Crippen molar-refractivity contribution < 1.29 is 14.6 Å². The smallest absolute Gasteiger partial charge is 0.141 e. The number of aliphatic hydroxyl groups excluding tert-OH is 1. The molecule has 3 nitrogen and oxygen atoms in total. The van der Waals surface area contributed by atoms with E-state index in [4.69, 9.17) is 4.74 Å². The van der Waals surface area contributed by atoms with E-state index in [0.717, 1.165) is 12.8 Å². The molecule has 2 saturated carbocycles. The first-order chi connectivity index (χ1) is 8.15. The van der Waals surface area contributed by atoms with Crippen LogP contribution in [-0.2, 0) is 9.53 Å². The van der Waals surface area contributed by atoms with E-state index in [-0.39, 0.29) is 17.8 Å². The summed E-state index contributed by atoms with van der Waals surface area (Å²) in [5, 5.41) is 9.86. The molecular weight excluding hydrogens is 216 g/mol. The number of methoxy groups -OCH3 is 1. The molecule has 5 atom stereocenters. The fourth-order valence-corrected chi connectivity index (χ4v) is 3.84. The van der Waals surface area contributed by atoms with Gasteiger partial charge in [-0.15, -0.1) is 0 Å². The predicted octanol–water partition coefficient (Wildman–Crippen LogP) is 2.17. The first-order valence-electron chi connectivity index (χ1n) is 6.88. The summed E-state index contributed by atoms with van der Waals surface area (Å²) in [5.74, 6) is 0.982. The van der Waals surface area contributed by atoms with E-state index in [1.54, 1.807) is 14.0 Å². The van der Waals surface area contributed by atoms with Crippen LogP contribution in [0.2, 0.25) is 0 Å². The second-order valence-corrected chi connectivity index (χ2v) is 5.68. The van der Waals surface area contributed by atoms with Gasteiger partial charge in [-0.1, -0.05) is 19.3 Å². The number of carbonyl (C=O) groups excluding carboxylic acids is 1. The average molecular weight is 240 g/mol. The molecule has 0 radical (unpaired) electrons. The normalized spacial score (nSPS) is 40.5. The summed E-state index contributed by atoms with van der Waals surface area (Å²) in [7, 11) is 1.68. The highest BCUT2D eigenvalue weighted by Gasteiger charge is 2.43. The number of ketones is 1. The largest absolute Gasteiger partial charge is 0.393 e. The lowest BCUT2D eigenvalue weighted by Crippen LogP contribution is -2.42. The van der Waals surface area contributed by atoms with Gasteiger partial charge >= 0.3 is 0 Å². The van der Waals surface area contributed by atoms with Gasteiger partial charge in [0.25, 0.3) is 0 Å². The summed E-state index contributed by atoms with van der Waals surface area (Å²) in [6.45, 7) is 1.72. The maximum absolute atomic E-state index is 12.1. The highest BCUT2D eigenvalue weighted by Crippen LogP contribution is 2.42. The topological polar surface area (TPSA) is 46.5 Å². The third-order valence-corrected chi connectivity index (χ3v) is 4.67. The van der Waals surface area contributed by atoms with Crippen molar-refractivity contribution in [2.75, 3.05) is 7.11 Å². The number of carbonyl (C=O) groups is 1. The van der Waals surface area contributed by atoms with E-state index in [2.05, 4.69) is 0 Å². The predicted molar refractivity (Wildman–Crippen MR) is 65.7 cm³/mol. The van der Waals surface area contributed by atoms with Crippen LogP contribution in [0.4, 0.5) is 0 Å². The van der Waals surface area contributed by atoms with Crippen LogP contribution in [0.1, 0.15) is 45.4 Å². The lowest BCUT2D eigenvalue weighted by molar-refractivity contribution is -0.134. The van der Waals surface area contributed by atoms with Crippen molar-refractivity contribution in [3.63, 3.8) is 0 Å². The van der Waals surface area contributed by atoms with Crippen molar-refractivity contribution in [2.24, 2.45) is 17.8 Å². The molecule has 2 unspecified atom stereocenters. The lowest BCUT2D eigenvalue weighted by Gasteiger charge is -2.37. The molecule has 1 N–H and O–H groups in total. The number of hydrogen-bond donors (Lipinski definition) is 1. The fourth-order valence-electron chi connectivity index (χ4n) is 3.84. The second kappa shape index (κ2) is 5.49. The fraction of sp³-hybridized carbons (Fsp3) is 0.929. The Balaban J connectivity index is 2.23. The van der Waals surface area contributed by atoms with Gasteiger partial charge in [0.1, 0.15) is 5.78 Å². The minimum atomic E-state index is -0.590. The molecule has 98 valence electrons. The highest BCUT2D eigenvalue weighted by molar-refractivity contribution is 5.82. The molecule has 2 aliphatic carbocycles. The Morgan fingerprint density at radius 2 is 2.00 bits per heavy atom. The molecule has 0 aromatic heterocycles. The SMILES string of the molecule is CO[C@@H]1C([C@H](C)O)C(=O)CCC2CCCC[C@@H]21. The number of ether oxygens (including phenoxy) is 1. The Kier molecular flexibility index (Phi) is 4.21. The number of rotatable bonds is 2. The number of aliphatic hydroxyl groups is 1. The Morgan fingerprint density at radius 3 is 2.65 bits per heavy atom. The average Bonchev–Trinajstić information content (AvgIpc) is 2.46. The van der Waals surface area contributed by atoms with E-state index in [1.165, 1.54) is 19.3 Å². The molecule has 0 heterocycles. The van der Waals surface area contributed by atoms with Crippen molar-refractivity contribution in [3.05, 3.63) is 0 Å². The minimum absolute atomic E-state index is 0.0738. The molecule has 2 fully saturated rings. The molecule has 0 bridgehead atoms. The van der Waals surface area contributed by atoms with Crippen molar-refractivity contribution >= 4 is 5.78 Å². The summed E-state index contributed by atoms with van der Waals surface area (Å²) in [4.78, 5) is 12.1. The van der Waals surface area contributed by atoms with Gasteiger partial charge in [0, 0.05) is 13.5 Å². The first-order valence-corrected chi connectivity index (χ1v) is 6.88. The van der Waals surface area contributed by atoms with E-state index in [9.17, 15) is 9.90 Å². The maximum Gasteiger partial charge on any atom is 0.141 e. The van der Waals surface area contributed by atoms with Crippen molar-refractivity contribution in [2.45, 2.75) is 57.7 Å². The third-order valence-electron chi connectivity index (χ3n) is 4.67. The van der Waals surface area contributed by atoms with Gasteiger partial charge in [0.15, 0.2) is 0 Å². The Bertz CT molecular complexity index is 275. The Hall–Kier alpha value is -0.410. The molecule has 2 aliphatic rings. The molecular formula is C14H24O3. The van der Waals surface area contributed by atoms with E-state index in [1.807, 2.05) is 0 Å². The summed E-state index contributed by atoms with van der Waals surface area (Å²) in [6.07, 6.45) is 5.85. The van der Waals surface area contributed by atoms with Crippen molar-refractivity contribution in [1.82, 2.24) is 0 Å². The van der Waals surface area contributed by atoms with Crippen molar-refractivity contribution in [1.29, 1.82) is 0 Å². The summed E-state index contributed by atoms with van der Waals surface area (Å²) in [6, 6.07) is 0. The standard InChI is InChI=1S/C14H24O3/c1-9(15)13-12(16)8-7-10-5-3-4-6-11(10)14(13)17-2/h9-11,13-15H,3-8H2,1-2H3/t9-,10?,11-,13?,14-/m0/s1. The van der Waals surface area contributed by atoms with Crippen LogP contribution in [-0.4, -0.2) is 30.2 Å². The van der Waals surface area contributed by atoms with Crippen LogP contribution in [0.3, 0.4) is 0 Å². The Labute approximate surface area is 104 Å².